The number of hydrogen-bond acceptors (Lipinski definition) is 1. The van der Waals surface area contributed by atoms with Crippen molar-refractivity contribution in [3.63, 3.8) is 0 Å². The Balaban J connectivity index is 0.000000488. The number of terminal acetylenes is 1. The molecule has 0 bridgehead atoms. The van der Waals surface area contributed by atoms with Crippen LogP contribution in [0.2, 0.25) is 0 Å². The van der Waals surface area contributed by atoms with Crippen LogP contribution in [0.3, 0.4) is 0 Å². The molecule has 0 atom stereocenters. The van der Waals surface area contributed by atoms with Gasteiger partial charge in [0, 0.05) is 17.1 Å². The molecule has 0 saturated carbocycles. The molecular weight excluding hydrogens is 819 g/mol. The lowest BCUT2D eigenvalue weighted by molar-refractivity contribution is 1.29. The summed E-state index contributed by atoms with van der Waals surface area (Å²) in [6.45, 7) is 1.71. The number of benzene rings is 11. The van der Waals surface area contributed by atoms with E-state index in [4.69, 9.17) is 6.42 Å². The minimum Gasteiger partial charge on any atom is -0.310 e. The first-order chi connectivity index (χ1) is 33.7. The van der Waals surface area contributed by atoms with Gasteiger partial charge in [0.25, 0.3) is 0 Å². The van der Waals surface area contributed by atoms with Gasteiger partial charge in [0.05, 0.1) is 0 Å². The monoisotopic (exact) mass is 857 g/mol. The molecule has 0 aliphatic heterocycles. The van der Waals surface area contributed by atoms with Crippen LogP contribution >= 0.6 is 0 Å². The summed E-state index contributed by atoms with van der Waals surface area (Å²) < 4.78 is 0. The average molecular weight is 858 g/mol. The molecule has 0 N–H and O–H groups in total. The van der Waals surface area contributed by atoms with Gasteiger partial charge in [0.15, 0.2) is 0 Å². The highest BCUT2D eigenvalue weighted by atomic mass is 15.1. The minimum absolute atomic E-state index is 1.13. The first kappa shape index (κ1) is 40.0. The van der Waals surface area contributed by atoms with E-state index in [9.17, 15) is 0 Å². The second-order valence-electron chi connectivity index (χ2n) is 16.9. The molecule has 0 fully saturated rings. The van der Waals surface area contributed by atoms with Gasteiger partial charge < -0.3 is 4.90 Å². The van der Waals surface area contributed by atoms with E-state index in [0.717, 1.165) is 17.1 Å². The second kappa shape index (κ2) is 16.8. The molecule has 0 unspecified atom stereocenters. The van der Waals surface area contributed by atoms with E-state index in [-0.39, 0.29) is 0 Å². The Bertz CT molecular complexity index is 4280. The lowest BCUT2D eigenvalue weighted by Crippen LogP contribution is -2.09. The van der Waals surface area contributed by atoms with Gasteiger partial charge >= 0.3 is 0 Å². The van der Waals surface area contributed by atoms with Crippen LogP contribution in [-0.2, 0) is 0 Å². The van der Waals surface area contributed by atoms with Crippen molar-refractivity contribution in [1.29, 1.82) is 0 Å². The smallest absolute Gasteiger partial charge is 0.0468 e. The van der Waals surface area contributed by atoms with Crippen LogP contribution in [0.15, 0.2) is 212 Å². The highest BCUT2D eigenvalue weighted by Crippen LogP contribution is 2.55. The Morgan fingerprint density at radius 3 is 1.49 bits per heavy atom. The van der Waals surface area contributed by atoms with Crippen molar-refractivity contribution < 1.29 is 0 Å². The van der Waals surface area contributed by atoms with E-state index in [1.807, 2.05) is 0 Å². The number of nitrogens with zero attached hydrogens (tertiary/aromatic N) is 1. The molecule has 0 saturated heterocycles. The number of para-hydroxylation sites is 2. The molecule has 0 heterocycles. The molecule has 0 aliphatic rings. The Hall–Kier alpha value is -9.50. The Kier molecular flexibility index (Phi) is 9.90. The van der Waals surface area contributed by atoms with Gasteiger partial charge in [-0.1, -0.05) is 170 Å². The normalized spacial score (nSPS) is 10.9. The number of anilines is 3. The van der Waals surface area contributed by atoms with E-state index < -0.39 is 0 Å². The SMILES string of the molecule is C#CC#CC#CC#CC.c1ccc(-c2c3cc4c5ccc(N(c6ccccc6)c6ccccc6)cc5c5cccc(c3c(-c3ccccc3)c3c6cc7ccccc7c7cccc(c23)c76)c54)cc1. The quantitative estimate of drug-likeness (QED) is 0.123. The van der Waals surface area contributed by atoms with Gasteiger partial charge in [0.1, 0.15) is 0 Å². The lowest BCUT2D eigenvalue weighted by Gasteiger charge is -2.25. The highest BCUT2D eigenvalue weighted by Gasteiger charge is 2.27. The van der Waals surface area contributed by atoms with E-state index in [0.29, 0.717) is 0 Å². The van der Waals surface area contributed by atoms with Crippen LogP contribution < -0.4 is 4.90 Å². The van der Waals surface area contributed by atoms with E-state index in [2.05, 4.69) is 259 Å². The largest absolute Gasteiger partial charge is 0.310 e. The summed E-state index contributed by atoms with van der Waals surface area (Å²) in [4.78, 5) is 2.37. The number of hydrogen-bond donors (Lipinski definition) is 0. The van der Waals surface area contributed by atoms with E-state index >= 15 is 0 Å². The zero-order valence-electron chi connectivity index (χ0n) is 37.2. The Morgan fingerprint density at radius 2 is 0.824 bits per heavy atom. The first-order valence-electron chi connectivity index (χ1n) is 22.8. The van der Waals surface area contributed by atoms with Crippen LogP contribution in [0.5, 0.6) is 0 Å². The number of rotatable bonds is 5. The molecule has 0 amide bonds. The molecule has 0 aliphatic carbocycles. The van der Waals surface area contributed by atoms with Crippen LogP contribution in [0, 0.1) is 47.9 Å². The maximum absolute atomic E-state index is 4.82. The molecule has 13 aromatic carbocycles. The molecule has 312 valence electrons. The fourth-order valence-corrected chi connectivity index (χ4v) is 10.7. The molecule has 68 heavy (non-hydrogen) atoms. The molecule has 0 spiro atoms. The molecule has 0 radical (unpaired) electrons. The zero-order chi connectivity index (χ0) is 45.6. The summed E-state index contributed by atoms with van der Waals surface area (Å²) >= 11 is 0. The summed E-state index contributed by atoms with van der Waals surface area (Å²) in [7, 11) is 0. The predicted octanol–water partition coefficient (Wildman–Crippen LogP) is 17.2. The van der Waals surface area contributed by atoms with Gasteiger partial charge in [-0.05, 0) is 199 Å². The second-order valence-corrected chi connectivity index (χ2v) is 16.9. The number of fused-ring (bicyclic) bond motifs is 10. The fraction of sp³-hybridized carbons (Fsp3) is 0.0149. The molecule has 13 aromatic rings. The molecule has 0 aromatic heterocycles. The lowest BCUT2D eigenvalue weighted by atomic mass is 9.84. The van der Waals surface area contributed by atoms with Crippen molar-refractivity contribution in [1.82, 2.24) is 0 Å². The van der Waals surface area contributed by atoms with Crippen molar-refractivity contribution in [3.05, 3.63) is 212 Å². The van der Waals surface area contributed by atoms with Crippen molar-refractivity contribution in [3.8, 4) is 70.1 Å². The molecule has 1 heteroatoms. The Labute approximate surface area is 395 Å². The maximum Gasteiger partial charge on any atom is 0.0468 e. The van der Waals surface area contributed by atoms with Crippen molar-refractivity contribution in [2.45, 2.75) is 6.92 Å². The molecular formula is C67H39N. The predicted molar refractivity (Wildman–Crippen MR) is 292 cm³/mol. The summed E-state index contributed by atoms with van der Waals surface area (Å²) in [6.07, 6.45) is 4.82. The molecule has 13 rings (SSSR count). The maximum atomic E-state index is 4.82. The van der Waals surface area contributed by atoms with Gasteiger partial charge in [-0.25, -0.2) is 0 Å². The average Bonchev–Trinajstić information content (AvgIpc) is 3.90. The van der Waals surface area contributed by atoms with Gasteiger partial charge in [-0.15, -0.1) is 6.42 Å². The summed E-state index contributed by atoms with van der Waals surface area (Å²) in [5.74, 6) is 17.0. The van der Waals surface area contributed by atoms with E-state index in [1.54, 1.807) is 6.92 Å². The van der Waals surface area contributed by atoms with E-state index in [1.165, 1.54) is 108 Å². The van der Waals surface area contributed by atoms with Crippen molar-refractivity contribution in [2.24, 2.45) is 0 Å². The van der Waals surface area contributed by atoms with Gasteiger partial charge in [-0.2, -0.15) is 0 Å². The summed E-state index contributed by atoms with van der Waals surface area (Å²) in [5.41, 5.74) is 8.49. The summed E-state index contributed by atoms with van der Waals surface area (Å²) in [5, 5.41) is 20.9. The zero-order valence-corrected chi connectivity index (χ0v) is 37.2. The minimum atomic E-state index is 1.13. The third-order valence-electron chi connectivity index (χ3n) is 13.3. The van der Waals surface area contributed by atoms with Gasteiger partial charge in [0.2, 0.25) is 0 Å². The van der Waals surface area contributed by atoms with Crippen LogP contribution in [0.25, 0.3) is 108 Å². The van der Waals surface area contributed by atoms with Crippen LogP contribution in [0.4, 0.5) is 17.1 Å². The standard InChI is InChI=1S/C58H35N.C9H4/c1-5-17-36(18-6-1)52-51-35-49-43-32-31-41(59(39-22-9-3-10-23-39)40-24-11-4-12-25-40)34-48(43)45-28-16-29-46(54(45)49)56(51)53(37-19-7-2-8-20-37)58-50-33-38-21-13-14-26-42(38)44-27-15-30-47(55(44)50)57(52)58;1-3-5-7-9-8-6-4-2/h1-35H;1H,2H3. The van der Waals surface area contributed by atoms with Crippen LogP contribution in [-0.4, -0.2) is 0 Å². The van der Waals surface area contributed by atoms with Crippen LogP contribution in [0.1, 0.15) is 6.92 Å². The third-order valence-corrected chi connectivity index (χ3v) is 13.3. The van der Waals surface area contributed by atoms with Crippen molar-refractivity contribution in [2.75, 3.05) is 4.90 Å². The Morgan fingerprint density at radius 1 is 0.309 bits per heavy atom. The first-order valence-corrected chi connectivity index (χ1v) is 22.8. The summed E-state index contributed by atoms with van der Waals surface area (Å²) in [6, 6.07) is 78.6. The van der Waals surface area contributed by atoms with Crippen molar-refractivity contribution >= 4 is 103 Å². The third kappa shape index (κ3) is 6.43. The fourth-order valence-electron chi connectivity index (χ4n) is 10.7. The van der Waals surface area contributed by atoms with Gasteiger partial charge in [-0.3, -0.25) is 0 Å². The topological polar surface area (TPSA) is 3.24 Å². The highest BCUT2D eigenvalue weighted by molar-refractivity contribution is 6.46. The molecule has 1 nitrogen and oxygen atoms in total.